The number of alkyl halides is 1. The van der Waals surface area contributed by atoms with Crippen LogP contribution in [0.4, 0.5) is 4.39 Å². The Morgan fingerprint density at radius 2 is 2.06 bits per heavy atom. The molecule has 0 spiro atoms. The van der Waals surface area contributed by atoms with E-state index in [9.17, 15) is 12.8 Å². The summed E-state index contributed by atoms with van der Waals surface area (Å²) >= 11 is 0. The monoisotopic (exact) mass is 248 g/mol. The van der Waals surface area contributed by atoms with E-state index in [-0.39, 0.29) is 12.3 Å². The van der Waals surface area contributed by atoms with Crippen molar-refractivity contribution in [2.24, 2.45) is 0 Å². The molecule has 1 rings (SSSR count). The lowest BCUT2D eigenvalue weighted by Gasteiger charge is -2.09. The second-order valence-electron chi connectivity index (χ2n) is 4.50. The first kappa shape index (κ1) is 13.2. The van der Waals surface area contributed by atoms with Crippen LogP contribution in [0.3, 0.4) is 0 Å². The normalized spacial score (nSPS) is 13.1. The van der Waals surface area contributed by atoms with Crippen molar-refractivity contribution < 1.29 is 12.8 Å². The van der Waals surface area contributed by atoms with Gasteiger partial charge in [0.1, 0.15) is 15.5 Å². The van der Waals surface area contributed by atoms with E-state index in [0.29, 0.717) is 5.69 Å². The van der Waals surface area contributed by atoms with Gasteiger partial charge in [0, 0.05) is 11.9 Å². The van der Waals surface area contributed by atoms with Gasteiger partial charge in [-0.05, 0) is 26.8 Å². The first-order valence-electron chi connectivity index (χ1n) is 5.01. The molecule has 0 aliphatic heterocycles. The highest BCUT2D eigenvalue weighted by Gasteiger charge is 2.23. The second-order valence-corrected chi connectivity index (χ2v) is 6.76. The smallest absolute Gasteiger partial charge is 0.149 e. The zero-order valence-electron chi connectivity index (χ0n) is 9.99. The van der Waals surface area contributed by atoms with Gasteiger partial charge in [0.05, 0.1) is 18.0 Å². The molecule has 0 fully saturated rings. The van der Waals surface area contributed by atoms with E-state index < -0.39 is 15.5 Å². The molecule has 6 heteroatoms. The van der Waals surface area contributed by atoms with Crippen molar-refractivity contribution in [3.8, 4) is 0 Å². The Hall–Kier alpha value is -0.910. The van der Waals surface area contributed by atoms with E-state index >= 15 is 0 Å². The first-order chi connectivity index (χ1) is 7.09. The number of halogens is 1. The van der Waals surface area contributed by atoms with E-state index in [4.69, 9.17) is 0 Å². The molecule has 1 heterocycles. The quantitative estimate of drug-likeness (QED) is 0.810. The lowest BCUT2D eigenvalue weighted by molar-refractivity contribution is 0.212. The molecule has 0 amide bonds. The molecule has 0 saturated carbocycles. The fraction of sp³-hybridized carbons (Fsp3) is 0.700. The number of hydrogen-bond donors (Lipinski definition) is 0. The Kier molecular flexibility index (Phi) is 3.42. The van der Waals surface area contributed by atoms with Gasteiger partial charge in [0.15, 0.2) is 0 Å². The number of aromatic nitrogens is 2. The third kappa shape index (κ3) is 3.59. The lowest BCUT2D eigenvalue weighted by atomic mass is 10.1. The molecule has 0 bridgehead atoms. The van der Waals surface area contributed by atoms with Crippen LogP contribution < -0.4 is 0 Å². The van der Waals surface area contributed by atoms with Gasteiger partial charge in [0.25, 0.3) is 0 Å². The van der Waals surface area contributed by atoms with Crippen LogP contribution in [0.1, 0.15) is 25.2 Å². The summed E-state index contributed by atoms with van der Waals surface area (Å²) in [6, 6.07) is 1.64. The maximum atomic E-state index is 13.6. The van der Waals surface area contributed by atoms with Crippen LogP contribution in [0.25, 0.3) is 0 Å². The molecule has 92 valence electrons. The van der Waals surface area contributed by atoms with Crippen molar-refractivity contribution in [1.29, 1.82) is 0 Å². The molecule has 0 saturated heterocycles. The number of aryl methyl sites for hydroxylation is 2. The topological polar surface area (TPSA) is 52.0 Å². The molecular formula is C10H17FN2O2S. The Balaban J connectivity index is 2.87. The van der Waals surface area contributed by atoms with E-state index in [1.165, 1.54) is 24.8 Å². The van der Waals surface area contributed by atoms with Crippen molar-refractivity contribution in [2.45, 2.75) is 33.0 Å². The predicted octanol–water partition coefficient (Wildman–Crippen LogP) is 1.44. The fourth-order valence-electron chi connectivity index (χ4n) is 1.28. The molecule has 0 aromatic carbocycles. The van der Waals surface area contributed by atoms with Gasteiger partial charge in [-0.15, -0.1) is 0 Å². The largest absolute Gasteiger partial charge is 0.268 e. The molecular weight excluding hydrogens is 231 g/mol. The minimum absolute atomic E-state index is 0.0155. The van der Waals surface area contributed by atoms with Crippen molar-refractivity contribution >= 4 is 9.84 Å². The average Bonchev–Trinajstić information content (AvgIpc) is 2.41. The molecule has 0 aliphatic rings. The summed E-state index contributed by atoms with van der Waals surface area (Å²) in [5.41, 5.74) is -0.399. The van der Waals surface area contributed by atoms with Gasteiger partial charge in [-0.25, -0.2) is 12.8 Å². The SMILES string of the molecule is Cc1cc(C(C)(C)F)nn1CCS(C)(=O)=O. The van der Waals surface area contributed by atoms with Crippen molar-refractivity contribution in [2.75, 3.05) is 12.0 Å². The van der Waals surface area contributed by atoms with Crippen molar-refractivity contribution in [3.63, 3.8) is 0 Å². The molecule has 1 aromatic heterocycles. The van der Waals surface area contributed by atoms with Crippen LogP contribution in [-0.2, 0) is 22.1 Å². The summed E-state index contributed by atoms with van der Waals surface area (Å²) in [6.45, 7) is 4.90. The van der Waals surface area contributed by atoms with Gasteiger partial charge >= 0.3 is 0 Å². The van der Waals surface area contributed by atoms with Crippen LogP contribution >= 0.6 is 0 Å². The zero-order chi connectivity index (χ0) is 12.6. The first-order valence-corrected chi connectivity index (χ1v) is 7.07. The Bertz CT molecular complexity index is 471. The average molecular weight is 248 g/mol. The highest BCUT2D eigenvalue weighted by atomic mass is 32.2. The summed E-state index contributed by atoms with van der Waals surface area (Å²) < 4.78 is 37.1. The van der Waals surface area contributed by atoms with E-state index in [0.717, 1.165) is 5.69 Å². The zero-order valence-corrected chi connectivity index (χ0v) is 10.8. The highest BCUT2D eigenvalue weighted by molar-refractivity contribution is 7.90. The summed E-state index contributed by atoms with van der Waals surface area (Å²) in [4.78, 5) is 0. The fourth-order valence-corrected chi connectivity index (χ4v) is 1.78. The lowest BCUT2D eigenvalue weighted by Crippen LogP contribution is -2.15. The minimum atomic E-state index is -3.02. The molecule has 0 aliphatic carbocycles. The molecule has 0 N–H and O–H groups in total. The van der Waals surface area contributed by atoms with Crippen molar-refractivity contribution in [1.82, 2.24) is 9.78 Å². The number of nitrogens with zero attached hydrogens (tertiary/aromatic N) is 2. The molecule has 0 atom stereocenters. The van der Waals surface area contributed by atoms with Gasteiger partial charge in [-0.1, -0.05) is 0 Å². The van der Waals surface area contributed by atoms with Crippen LogP contribution in [0.2, 0.25) is 0 Å². The number of sulfone groups is 1. The Labute approximate surface area is 95.4 Å². The van der Waals surface area contributed by atoms with E-state index in [1.54, 1.807) is 13.0 Å². The molecule has 0 radical (unpaired) electrons. The summed E-state index contributed by atoms with van der Waals surface area (Å²) in [5.74, 6) is 0.0155. The summed E-state index contributed by atoms with van der Waals surface area (Å²) in [5, 5.41) is 4.06. The van der Waals surface area contributed by atoms with Crippen LogP contribution in [0.5, 0.6) is 0 Å². The standard InChI is InChI=1S/C10H17FN2O2S/c1-8-7-9(10(2,3)11)12-13(8)5-6-16(4,14)15/h7H,5-6H2,1-4H3. The van der Waals surface area contributed by atoms with E-state index in [2.05, 4.69) is 5.10 Å². The third-order valence-corrected chi connectivity index (χ3v) is 3.19. The molecule has 16 heavy (non-hydrogen) atoms. The summed E-state index contributed by atoms with van der Waals surface area (Å²) in [6.07, 6.45) is 1.17. The maximum Gasteiger partial charge on any atom is 0.149 e. The predicted molar refractivity (Wildman–Crippen MR) is 60.8 cm³/mol. The van der Waals surface area contributed by atoms with Gasteiger partial charge in [0.2, 0.25) is 0 Å². The van der Waals surface area contributed by atoms with Crippen LogP contribution in [0.15, 0.2) is 6.07 Å². The molecule has 0 unspecified atom stereocenters. The molecule has 1 aromatic rings. The van der Waals surface area contributed by atoms with E-state index in [1.807, 2.05) is 0 Å². The highest BCUT2D eigenvalue weighted by Crippen LogP contribution is 2.23. The number of rotatable bonds is 4. The Morgan fingerprint density at radius 3 is 2.44 bits per heavy atom. The second kappa shape index (κ2) is 4.16. The molecule has 4 nitrogen and oxygen atoms in total. The van der Waals surface area contributed by atoms with Crippen LogP contribution in [0, 0.1) is 6.92 Å². The maximum absolute atomic E-state index is 13.6. The minimum Gasteiger partial charge on any atom is -0.268 e. The van der Waals surface area contributed by atoms with Gasteiger partial charge in [-0.2, -0.15) is 5.10 Å². The number of hydrogen-bond acceptors (Lipinski definition) is 3. The Morgan fingerprint density at radius 1 is 1.50 bits per heavy atom. The van der Waals surface area contributed by atoms with Gasteiger partial charge < -0.3 is 0 Å². The van der Waals surface area contributed by atoms with Crippen LogP contribution in [-0.4, -0.2) is 30.2 Å². The van der Waals surface area contributed by atoms with Crippen molar-refractivity contribution in [3.05, 3.63) is 17.5 Å². The summed E-state index contributed by atoms with van der Waals surface area (Å²) in [7, 11) is -3.02. The third-order valence-electron chi connectivity index (χ3n) is 2.26. The van der Waals surface area contributed by atoms with Gasteiger partial charge in [-0.3, -0.25) is 4.68 Å².